The van der Waals surface area contributed by atoms with Crippen LogP contribution in [0.15, 0.2) is 0 Å². The lowest BCUT2D eigenvalue weighted by Gasteiger charge is -2.14. The maximum Gasteiger partial charge on any atom is 0.335 e. The van der Waals surface area contributed by atoms with Gasteiger partial charge in [0.25, 0.3) is 0 Å². The first-order valence-corrected chi connectivity index (χ1v) is 5.88. The molecule has 0 rings (SSSR count). The molecule has 3 nitrogen and oxygen atoms in total. The van der Waals surface area contributed by atoms with Crippen LogP contribution >= 0.6 is 11.8 Å². The first-order valence-electron chi connectivity index (χ1n) is 4.49. The summed E-state index contributed by atoms with van der Waals surface area (Å²) in [5.41, 5.74) is 0. The van der Waals surface area contributed by atoms with Gasteiger partial charge in [0, 0.05) is 0 Å². The van der Waals surface area contributed by atoms with Crippen LogP contribution in [0.2, 0.25) is 0 Å². The van der Waals surface area contributed by atoms with Crippen molar-refractivity contribution in [2.24, 2.45) is 0 Å². The molecule has 0 radical (unpaired) electrons. The van der Waals surface area contributed by atoms with E-state index in [1.807, 2.05) is 20.1 Å². The minimum absolute atomic E-state index is 0.101. The first-order chi connectivity index (χ1) is 6.11. The Labute approximate surface area is 83.9 Å². The van der Waals surface area contributed by atoms with Crippen molar-refractivity contribution in [2.75, 3.05) is 12.0 Å². The van der Waals surface area contributed by atoms with Crippen LogP contribution in [0.25, 0.3) is 0 Å². The Balaban J connectivity index is 3.68. The number of carbonyl (C=O) groups is 1. The number of esters is 1. The summed E-state index contributed by atoms with van der Waals surface area (Å²) in [7, 11) is 0. The molecule has 0 saturated heterocycles. The van der Waals surface area contributed by atoms with Gasteiger partial charge in [0.05, 0.1) is 6.10 Å². The van der Waals surface area contributed by atoms with Crippen LogP contribution in [0.4, 0.5) is 0 Å². The molecule has 78 valence electrons. The summed E-state index contributed by atoms with van der Waals surface area (Å²) >= 11 is 1.60. The Hall–Kier alpha value is -0.220. The number of carbonyl (C=O) groups excluding carboxylic acids is 1. The highest BCUT2D eigenvalue weighted by atomic mass is 32.2. The van der Waals surface area contributed by atoms with Gasteiger partial charge < -0.3 is 9.84 Å². The van der Waals surface area contributed by atoms with E-state index >= 15 is 0 Å². The van der Waals surface area contributed by atoms with E-state index in [0.717, 1.165) is 12.2 Å². The van der Waals surface area contributed by atoms with Gasteiger partial charge in [-0.05, 0) is 31.8 Å². The number of aliphatic hydroxyl groups excluding tert-OH is 1. The fraction of sp³-hybridized carbons (Fsp3) is 0.889. The highest BCUT2D eigenvalue weighted by molar-refractivity contribution is 7.98. The fourth-order valence-corrected chi connectivity index (χ4v) is 1.17. The minimum atomic E-state index is -0.957. The second-order valence-electron chi connectivity index (χ2n) is 2.95. The first kappa shape index (κ1) is 12.8. The lowest BCUT2D eigenvalue weighted by atomic mass is 10.2. The van der Waals surface area contributed by atoms with E-state index in [2.05, 4.69) is 0 Å². The molecule has 13 heavy (non-hydrogen) atoms. The largest absolute Gasteiger partial charge is 0.461 e. The number of hydrogen-bond donors (Lipinski definition) is 1. The van der Waals surface area contributed by atoms with Crippen molar-refractivity contribution in [3.8, 4) is 0 Å². The fourth-order valence-electron chi connectivity index (χ4n) is 0.707. The summed E-state index contributed by atoms with van der Waals surface area (Å²) in [5.74, 6) is 0.278. The highest BCUT2D eigenvalue weighted by Gasteiger charge is 2.17. The Morgan fingerprint density at radius 1 is 1.62 bits per heavy atom. The number of aliphatic hydroxyl groups is 1. The number of ether oxygens (including phenoxy) is 1. The standard InChI is InChI=1S/C9H18O3S/c1-4-7(2)12-9(11)8(10)5-6-13-3/h7-8,10H,4-6H2,1-3H3. The van der Waals surface area contributed by atoms with Crippen molar-refractivity contribution in [3.63, 3.8) is 0 Å². The molecule has 4 heteroatoms. The van der Waals surface area contributed by atoms with Gasteiger partial charge >= 0.3 is 5.97 Å². The van der Waals surface area contributed by atoms with Gasteiger partial charge in [-0.1, -0.05) is 6.92 Å². The van der Waals surface area contributed by atoms with Crippen LogP contribution in [-0.4, -0.2) is 35.3 Å². The molecule has 0 amide bonds. The van der Waals surface area contributed by atoms with Gasteiger partial charge in [-0.2, -0.15) is 11.8 Å². The van der Waals surface area contributed by atoms with Crippen LogP contribution in [0, 0.1) is 0 Å². The van der Waals surface area contributed by atoms with E-state index in [1.165, 1.54) is 0 Å². The van der Waals surface area contributed by atoms with E-state index in [9.17, 15) is 9.90 Å². The summed E-state index contributed by atoms with van der Waals surface area (Å²) in [6, 6.07) is 0. The van der Waals surface area contributed by atoms with Crippen LogP contribution < -0.4 is 0 Å². The predicted molar refractivity (Wildman–Crippen MR) is 54.9 cm³/mol. The average molecular weight is 206 g/mol. The zero-order valence-electron chi connectivity index (χ0n) is 8.45. The van der Waals surface area contributed by atoms with Crippen molar-refractivity contribution >= 4 is 17.7 Å². The van der Waals surface area contributed by atoms with Gasteiger partial charge in [-0.3, -0.25) is 0 Å². The molecule has 0 aliphatic rings. The minimum Gasteiger partial charge on any atom is -0.461 e. The Kier molecular flexibility index (Phi) is 7.09. The van der Waals surface area contributed by atoms with Crippen LogP contribution in [0.3, 0.4) is 0 Å². The van der Waals surface area contributed by atoms with Crippen molar-refractivity contribution in [3.05, 3.63) is 0 Å². The Morgan fingerprint density at radius 3 is 2.69 bits per heavy atom. The summed E-state index contributed by atoms with van der Waals surface area (Å²) < 4.78 is 4.96. The van der Waals surface area contributed by atoms with Gasteiger partial charge in [-0.25, -0.2) is 4.79 Å². The average Bonchev–Trinajstić information content (AvgIpc) is 2.13. The lowest BCUT2D eigenvalue weighted by molar-refractivity contribution is -0.158. The normalized spacial score (nSPS) is 15.1. The predicted octanol–water partition coefficient (Wildman–Crippen LogP) is 1.44. The summed E-state index contributed by atoms with van der Waals surface area (Å²) in [6.45, 7) is 3.76. The number of hydrogen-bond acceptors (Lipinski definition) is 4. The topological polar surface area (TPSA) is 46.5 Å². The molecule has 0 aromatic rings. The second-order valence-corrected chi connectivity index (χ2v) is 3.94. The van der Waals surface area contributed by atoms with Gasteiger partial charge in [-0.15, -0.1) is 0 Å². The molecule has 2 atom stereocenters. The highest BCUT2D eigenvalue weighted by Crippen LogP contribution is 2.05. The number of thioether (sulfide) groups is 1. The monoisotopic (exact) mass is 206 g/mol. The Bertz CT molecular complexity index is 150. The van der Waals surface area contributed by atoms with E-state index in [4.69, 9.17) is 4.74 Å². The molecule has 0 aromatic carbocycles. The molecular formula is C9H18O3S. The molecule has 0 aromatic heterocycles. The Morgan fingerprint density at radius 2 is 2.23 bits per heavy atom. The third-order valence-electron chi connectivity index (χ3n) is 1.76. The molecule has 0 bridgehead atoms. The molecule has 1 N–H and O–H groups in total. The van der Waals surface area contributed by atoms with Crippen molar-refractivity contribution in [1.82, 2.24) is 0 Å². The maximum absolute atomic E-state index is 11.1. The smallest absolute Gasteiger partial charge is 0.335 e. The molecule has 0 spiro atoms. The van der Waals surface area contributed by atoms with Gasteiger partial charge in [0.1, 0.15) is 0 Å². The molecule has 0 saturated carbocycles. The van der Waals surface area contributed by atoms with Crippen LogP contribution in [0.1, 0.15) is 26.7 Å². The summed E-state index contributed by atoms with van der Waals surface area (Å²) in [5, 5.41) is 9.31. The third kappa shape index (κ3) is 5.93. The zero-order chi connectivity index (χ0) is 10.3. The van der Waals surface area contributed by atoms with Gasteiger partial charge in [0.2, 0.25) is 0 Å². The van der Waals surface area contributed by atoms with E-state index in [0.29, 0.717) is 6.42 Å². The van der Waals surface area contributed by atoms with E-state index in [1.54, 1.807) is 11.8 Å². The van der Waals surface area contributed by atoms with E-state index in [-0.39, 0.29) is 6.10 Å². The summed E-state index contributed by atoms with van der Waals surface area (Å²) in [6.07, 6.45) is 2.13. The molecule has 0 aliphatic carbocycles. The lowest BCUT2D eigenvalue weighted by Crippen LogP contribution is -2.27. The quantitative estimate of drug-likeness (QED) is 0.668. The van der Waals surface area contributed by atoms with Crippen molar-refractivity contribution in [1.29, 1.82) is 0 Å². The van der Waals surface area contributed by atoms with Crippen molar-refractivity contribution < 1.29 is 14.6 Å². The second kappa shape index (κ2) is 7.21. The zero-order valence-corrected chi connectivity index (χ0v) is 9.26. The molecule has 0 heterocycles. The summed E-state index contributed by atoms with van der Waals surface area (Å²) in [4.78, 5) is 11.1. The molecular weight excluding hydrogens is 188 g/mol. The van der Waals surface area contributed by atoms with E-state index < -0.39 is 12.1 Å². The van der Waals surface area contributed by atoms with Crippen LogP contribution in [-0.2, 0) is 9.53 Å². The van der Waals surface area contributed by atoms with Crippen molar-refractivity contribution in [2.45, 2.75) is 38.9 Å². The SMILES string of the molecule is CCC(C)OC(=O)C(O)CCSC. The molecule has 2 unspecified atom stereocenters. The number of rotatable bonds is 6. The molecule has 0 aliphatic heterocycles. The van der Waals surface area contributed by atoms with Crippen LogP contribution in [0.5, 0.6) is 0 Å². The third-order valence-corrected chi connectivity index (χ3v) is 2.40. The molecule has 0 fully saturated rings. The maximum atomic E-state index is 11.1. The van der Waals surface area contributed by atoms with Gasteiger partial charge in [0.15, 0.2) is 6.10 Å².